The van der Waals surface area contributed by atoms with Gasteiger partial charge in [-0.15, -0.1) is 11.3 Å². The molecule has 1 fully saturated rings. The number of amides is 2. The number of rotatable bonds is 4. The number of aromatic nitrogens is 2. The first-order chi connectivity index (χ1) is 12.7. The summed E-state index contributed by atoms with van der Waals surface area (Å²) in [5.41, 5.74) is 3.47. The van der Waals surface area contributed by atoms with Crippen LogP contribution in [0.3, 0.4) is 0 Å². The summed E-state index contributed by atoms with van der Waals surface area (Å²) in [6.45, 7) is 4.53. The zero-order valence-electron chi connectivity index (χ0n) is 14.7. The standard InChI is InChI=1S/C19H21N5OS/c1-13-7-8-15-16(21-13)5-4-6-17(15)23-18(25)20-11-14-12-26-19(22-14)24-9-2-3-10-24/h4-8,12H,2-3,9-11H2,1H3,(H2,20,23,25). The Morgan fingerprint density at radius 3 is 2.88 bits per heavy atom. The molecule has 1 aliphatic heterocycles. The van der Waals surface area contributed by atoms with Gasteiger partial charge in [0.05, 0.1) is 23.4 Å². The second kappa shape index (κ2) is 7.29. The predicted molar refractivity (Wildman–Crippen MR) is 106 cm³/mol. The minimum absolute atomic E-state index is 0.242. The van der Waals surface area contributed by atoms with Gasteiger partial charge in [-0.3, -0.25) is 4.98 Å². The topological polar surface area (TPSA) is 70.2 Å². The summed E-state index contributed by atoms with van der Waals surface area (Å²) in [5.74, 6) is 0. The van der Waals surface area contributed by atoms with Crippen LogP contribution in [0.2, 0.25) is 0 Å². The van der Waals surface area contributed by atoms with E-state index in [1.165, 1.54) is 12.8 Å². The van der Waals surface area contributed by atoms with Crippen molar-refractivity contribution in [1.29, 1.82) is 0 Å². The van der Waals surface area contributed by atoms with Crippen LogP contribution in [-0.4, -0.2) is 29.1 Å². The van der Waals surface area contributed by atoms with Crippen LogP contribution in [0.5, 0.6) is 0 Å². The van der Waals surface area contributed by atoms with Crippen molar-refractivity contribution in [2.45, 2.75) is 26.3 Å². The average molecular weight is 367 g/mol. The Morgan fingerprint density at radius 1 is 1.19 bits per heavy atom. The highest BCUT2D eigenvalue weighted by Gasteiger charge is 2.15. The fourth-order valence-corrected chi connectivity index (χ4v) is 4.01. The van der Waals surface area contributed by atoms with E-state index in [0.29, 0.717) is 6.54 Å². The quantitative estimate of drug-likeness (QED) is 0.733. The van der Waals surface area contributed by atoms with Gasteiger partial charge in [0.25, 0.3) is 0 Å². The molecule has 7 heteroatoms. The van der Waals surface area contributed by atoms with Gasteiger partial charge in [0, 0.05) is 29.5 Å². The third-order valence-corrected chi connectivity index (χ3v) is 5.42. The molecule has 0 aliphatic carbocycles. The molecule has 6 nitrogen and oxygen atoms in total. The van der Waals surface area contributed by atoms with Crippen molar-refractivity contribution in [1.82, 2.24) is 15.3 Å². The Labute approximate surface area is 156 Å². The molecule has 4 rings (SSSR count). The van der Waals surface area contributed by atoms with Crippen molar-refractivity contribution >= 4 is 39.1 Å². The first kappa shape index (κ1) is 16.8. The molecule has 1 aliphatic rings. The molecule has 3 aromatic rings. The lowest BCUT2D eigenvalue weighted by molar-refractivity contribution is 0.251. The van der Waals surface area contributed by atoms with E-state index in [1.54, 1.807) is 11.3 Å². The Bertz CT molecular complexity index is 933. The van der Waals surface area contributed by atoms with Gasteiger partial charge in [0.2, 0.25) is 0 Å². The fraction of sp³-hybridized carbons (Fsp3) is 0.316. The molecule has 1 saturated heterocycles. The minimum atomic E-state index is -0.242. The molecule has 2 N–H and O–H groups in total. The summed E-state index contributed by atoms with van der Waals surface area (Å²) in [7, 11) is 0. The third-order valence-electron chi connectivity index (χ3n) is 4.47. The van der Waals surface area contributed by atoms with E-state index >= 15 is 0 Å². The van der Waals surface area contributed by atoms with Crippen LogP contribution in [0.25, 0.3) is 10.9 Å². The Kier molecular flexibility index (Phi) is 4.71. The maximum absolute atomic E-state index is 12.3. The van der Waals surface area contributed by atoms with Gasteiger partial charge in [-0.2, -0.15) is 0 Å². The number of carbonyl (C=O) groups excluding carboxylic acids is 1. The molecule has 0 unspecified atom stereocenters. The van der Waals surface area contributed by atoms with Crippen LogP contribution in [0, 0.1) is 6.92 Å². The maximum Gasteiger partial charge on any atom is 0.319 e. The fourth-order valence-electron chi connectivity index (χ4n) is 3.13. The Morgan fingerprint density at radius 2 is 2.04 bits per heavy atom. The SMILES string of the molecule is Cc1ccc2c(NC(=O)NCc3csc(N4CCCC4)n3)cccc2n1. The Balaban J connectivity index is 1.38. The third kappa shape index (κ3) is 3.62. The van der Waals surface area contributed by atoms with Crippen LogP contribution < -0.4 is 15.5 Å². The second-order valence-corrected chi connectivity index (χ2v) is 7.28. The van der Waals surface area contributed by atoms with Crippen LogP contribution in [-0.2, 0) is 6.54 Å². The van der Waals surface area contributed by atoms with Crippen molar-refractivity contribution < 1.29 is 4.79 Å². The van der Waals surface area contributed by atoms with Gasteiger partial charge in [-0.25, -0.2) is 9.78 Å². The van der Waals surface area contributed by atoms with Crippen LogP contribution >= 0.6 is 11.3 Å². The zero-order chi connectivity index (χ0) is 17.9. The number of carbonyl (C=O) groups is 1. The normalized spacial score (nSPS) is 14.0. The highest BCUT2D eigenvalue weighted by atomic mass is 32.1. The first-order valence-corrected chi connectivity index (χ1v) is 9.67. The summed E-state index contributed by atoms with van der Waals surface area (Å²) in [4.78, 5) is 23.7. The number of benzene rings is 1. The molecule has 26 heavy (non-hydrogen) atoms. The van der Waals surface area contributed by atoms with E-state index in [9.17, 15) is 4.79 Å². The van der Waals surface area contributed by atoms with Crippen molar-refractivity contribution in [2.75, 3.05) is 23.3 Å². The summed E-state index contributed by atoms with van der Waals surface area (Å²) < 4.78 is 0. The molecule has 2 amide bonds. The van der Waals surface area contributed by atoms with Gasteiger partial charge < -0.3 is 15.5 Å². The Hall–Kier alpha value is -2.67. The van der Waals surface area contributed by atoms with Gasteiger partial charge in [-0.1, -0.05) is 6.07 Å². The van der Waals surface area contributed by atoms with E-state index in [0.717, 1.165) is 46.2 Å². The lowest BCUT2D eigenvalue weighted by atomic mass is 10.1. The number of nitrogens with zero attached hydrogens (tertiary/aromatic N) is 3. The predicted octanol–water partition coefficient (Wildman–Crippen LogP) is 3.92. The maximum atomic E-state index is 12.3. The van der Waals surface area contributed by atoms with E-state index in [1.807, 2.05) is 42.6 Å². The molecule has 134 valence electrons. The molecule has 2 aromatic heterocycles. The molecule has 0 atom stereocenters. The minimum Gasteiger partial charge on any atom is -0.348 e. The van der Waals surface area contributed by atoms with Crippen LogP contribution in [0.4, 0.5) is 15.6 Å². The summed E-state index contributed by atoms with van der Waals surface area (Å²) >= 11 is 1.64. The molecule has 3 heterocycles. The van der Waals surface area contributed by atoms with Gasteiger partial charge in [-0.05, 0) is 44.0 Å². The molecular weight excluding hydrogens is 346 g/mol. The second-order valence-electron chi connectivity index (χ2n) is 6.45. The van der Waals surface area contributed by atoms with Crippen LogP contribution in [0.1, 0.15) is 24.2 Å². The zero-order valence-corrected chi connectivity index (χ0v) is 15.5. The summed E-state index contributed by atoms with van der Waals surface area (Å²) in [6.07, 6.45) is 2.46. The average Bonchev–Trinajstić information content (AvgIpc) is 3.31. The van der Waals surface area contributed by atoms with Gasteiger partial charge >= 0.3 is 6.03 Å². The highest BCUT2D eigenvalue weighted by molar-refractivity contribution is 7.13. The number of pyridine rings is 1. The lowest BCUT2D eigenvalue weighted by Gasteiger charge is -2.12. The number of urea groups is 1. The van der Waals surface area contributed by atoms with E-state index in [-0.39, 0.29) is 6.03 Å². The number of aryl methyl sites for hydroxylation is 1. The van der Waals surface area contributed by atoms with E-state index in [2.05, 4.69) is 25.5 Å². The molecule has 0 saturated carbocycles. The highest BCUT2D eigenvalue weighted by Crippen LogP contribution is 2.24. The first-order valence-electron chi connectivity index (χ1n) is 8.79. The molecule has 0 spiro atoms. The molecule has 0 radical (unpaired) electrons. The monoisotopic (exact) mass is 367 g/mol. The van der Waals surface area contributed by atoms with Crippen molar-refractivity contribution in [3.8, 4) is 0 Å². The van der Waals surface area contributed by atoms with Gasteiger partial charge in [0.15, 0.2) is 5.13 Å². The summed E-state index contributed by atoms with van der Waals surface area (Å²) in [5, 5.41) is 9.79. The molecular formula is C19H21N5OS. The van der Waals surface area contributed by atoms with Crippen molar-refractivity contribution in [2.24, 2.45) is 0 Å². The number of nitrogens with one attached hydrogen (secondary N) is 2. The molecule has 0 bridgehead atoms. The van der Waals surface area contributed by atoms with E-state index in [4.69, 9.17) is 0 Å². The lowest BCUT2D eigenvalue weighted by Crippen LogP contribution is -2.28. The number of fused-ring (bicyclic) bond motifs is 1. The molecule has 1 aromatic carbocycles. The number of hydrogen-bond donors (Lipinski definition) is 2. The van der Waals surface area contributed by atoms with E-state index < -0.39 is 0 Å². The van der Waals surface area contributed by atoms with Crippen molar-refractivity contribution in [3.05, 3.63) is 47.1 Å². The smallest absolute Gasteiger partial charge is 0.319 e. The number of thiazole rings is 1. The number of anilines is 2. The van der Waals surface area contributed by atoms with Crippen molar-refractivity contribution in [3.63, 3.8) is 0 Å². The largest absolute Gasteiger partial charge is 0.348 e. The van der Waals surface area contributed by atoms with Crippen LogP contribution in [0.15, 0.2) is 35.7 Å². The van der Waals surface area contributed by atoms with Gasteiger partial charge in [0.1, 0.15) is 0 Å². The summed E-state index contributed by atoms with van der Waals surface area (Å²) in [6, 6.07) is 9.41. The number of hydrogen-bond acceptors (Lipinski definition) is 5.